The second kappa shape index (κ2) is 8.24. The van der Waals surface area contributed by atoms with Crippen LogP contribution in [0.1, 0.15) is 47.1 Å². The molecule has 5 nitrogen and oxygen atoms in total. The van der Waals surface area contributed by atoms with Crippen molar-refractivity contribution in [2.75, 3.05) is 0 Å². The molecular formula is C20H21NO4. The lowest BCUT2D eigenvalue weighted by Crippen LogP contribution is -2.35. The van der Waals surface area contributed by atoms with E-state index in [0.29, 0.717) is 23.4 Å². The predicted molar refractivity (Wildman–Crippen MR) is 94.8 cm³/mol. The molecule has 1 unspecified atom stereocenters. The summed E-state index contributed by atoms with van der Waals surface area (Å²) in [4.78, 5) is 35.0. The molecule has 0 heterocycles. The minimum atomic E-state index is -0.710. The van der Waals surface area contributed by atoms with Crippen LogP contribution in [0.5, 0.6) is 5.75 Å². The second-order valence-corrected chi connectivity index (χ2v) is 5.82. The molecular weight excluding hydrogens is 318 g/mol. The summed E-state index contributed by atoms with van der Waals surface area (Å²) < 4.78 is 5.60. The van der Waals surface area contributed by atoms with Crippen molar-refractivity contribution in [2.24, 2.45) is 0 Å². The number of ether oxygens (including phenoxy) is 1. The summed E-state index contributed by atoms with van der Waals surface area (Å²) in [5.41, 5.74) is 1.98. The van der Waals surface area contributed by atoms with Crippen molar-refractivity contribution in [1.29, 1.82) is 0 Å². The number of nitrogens with one attached hydrogen (secondary N) is 1. The van der Waals surface area contributed by atoms with Crippen LogP contribution in [0.15, 0.2) is 48.5 Å². The maximum absolute atomic E-state index is 12.2. The van der Waals surface area contributed by atoms with Gasteiger partial charge in [0.1, 0.15) is 5.75 Å². The number of rotatable bonds is 7. The van der Waals surface area contributed by atoms with Gasteiger partial charge in [-0.3, -0.25) is 14.4 Å². The molecule has 2 aromatic carbocycles. The fourth-order valence-electron chi connectivity index (χ4n) is 2.28. The highest BCUT2D eigenvalue weighted by molar-refractivity contribution is 5.94. The van der Waals surface area contributed by atoms with Gasteiger partial charge in [-0.15, -0.1) is 0 Å². The molecule has 0 saturated heterocycles. The molecule has 0 aromatic heterocycles. The van der Waals surface area contributed by atoms with Gasteiger partial charge in [0.2, 0.25) is 0 Å². The maximum atomic E-state index is 12.2. The number of benzene rings is 2. The third kappa shape index (κ3) is 5.28. The third-order valence-electron chi connectivity index (χ3n) is 3.72. The molecule has 0 aliphatic rings. The SMILES string of the molecule is CC(=O)c1cccc(CNC(=O)C(C)Oc2cccc(C(C)=O)c2)c1. The smallest absolute Gasteiger partial charge is 0.261 e. The van der Waals surface area contributed by atoms with Gasteiger partial charge >= 0.3 is 0 Å². The van der Waals surface area contributed by atoms with Crippen molar-refractivity contribution in [3.05, 3.63) is 65.2 Å². The molecule has 2 aromatic rings. The van der Waals surface area contributed by atoms with Crippen LogP contribution in [-0.2, 0) is 11.3 Å². The standard InChI is InChI=1S/C20H21NO4/c1-13(22)17-7-4-6-16(10-17)12-21-20(24)15(3)25-19-9-5-8-18(11-19)14(2)23/h4-11,15H,12H2,1-3H3,(H,21,24). The van der Waals surface area contributed by atoms with Crippen LogP contribution in [0.2, 0.25) is 0 Å². The Bertz CT molecular complexity index is 798. The van der Waals surface area contributed by atoms with Gasteiger partial charge in [0.05, 0.1) is 0 Å². The zero-order valence-corrected chi connectivity index (χ0v) is 14.5. The molecule has 130 valence electrons. The van der Waals surface area contributed by atoms with Crippen LogP contribution in [-0.4, -0.2) is 23.6 Å². The Kier molecular flexibility index (Phi) is 6.06. The van der Waals surface area contributed by atoms with E-state index in [2.05, 4.69) is 5.32 Å². The summed E-state index contributed by atoms with van der Waals surface area (Å²) in [6, 6.07) is 13.8. The molecule has 0 spiro atoms. The molecule has 0 fully saturated rings. The van der Waals surface area contributed by atoms with Crippen molar-refractivity contribution in [3.8, 4) is 5.75 Å². The highest BCUT2D eigenvalue weighted by Gasteiger charge is 2.15. The average molecular weight is 339 g/mol. The third-order valence-corrected chi connectivity index (χ3v) is 3.72. The zero-order chi connectivity index (χ0) is 18.4. The Morgan fingerprint density at radius 3 is 2.20 bits per heavy atom. The van der Waals surface area contributed by atoms with Gasteiger partial charge < -0.3 is 10.1 Å². The largest absolute Gasteiger partial charge is 0.481 e. The van der Waals surface area contributed by atoms with E-state index in [9.17, 15) is 14.4 Å². The summed E-state index contributed by atoms with van der Waals surface area (Å²) >= 11 is 0. The lowest BCUT2D eigenvalue weighted by molar-refractivity contribution is -0.127. The number of ketones is 2. The van der Waals surface area contributed by atoms with Crippen LogP contribution >= 0.6 is 0 Å². The Morgan fingerprint density at radius 1 is 0.960 bits per heavy atom. The Balaban J connectivity index is 1.94. The van der Waals surface area contributed by atoms with Gasteiger partial charge in [0, 0.05) is 17.7 Å². The molecule has 0 aliphatic heterocycles. The molecule has 5 heteroatoms. The topological polar surface area (TPSA) is 72.5 Å². The van der Waals surface area contributed by atoms with E-state index in [1.807, 2.05) is 6.07 Å². The van der Waals surface area contributed by atoms with Gasteiger partial charge in [-0.25, -0.2) is 0 Å². The first kappa shape index (κ1) is 18.4. The first-order valence-corrected chi connectivity index (χ1v) is 8.02. The van der Waals surface area contributed by atoms with Gasteiger partial charge in [-0.1, -0.05) is 30.3 Å². The first-order valence-electron chi connectivity index (χ1n) is 8.02. The van der Waals surface area contributed by atoms with Crippen LogP contribution in [0.3, 0.4) is 0 Å². The van der Waals surface area contributed by atoms with E-state index < -0.39 is 6.10 Å². The molecule has 1 atom stereocenters. The lowest BCUT2D eigenvalue weighted by Gasteiger charge is -2.15. The van der Waals surface area contributed by atoms with Crippen LogP contribution in [0, 0.1) is 0 Å². The maximum Gasteiger partial charge on any atom is 0.261 e. The summed E-state index contributed by atoms with van der Waals surface area (Å²) in [6.07, 6.45) is -0.710. The fourth-order valence-corrected chi connectivity index (χ4v) is 2.28. The molecule has 0 bridgehead atoms. The number of hydrogen-bond donors (Lipinski definition) is 1. The van der Waals surface area contributed by atoms with Crippen molar-refractivity contribution >= 4 is 17.5 Å². The summed E-state index contributed by atoms with van der Waals surface area (Å²) in [5.74, 6) is 0.110. The quantitative estimate of drug-likeness (QED) is 0.787. The molecule has 0 radical (unpaired) electrons. The number of Topliss-reactive ketones (excluding diaryl/α,β-unsaturated/α-hetero) is 2. The van der Waals surface area contributed by atoms with E-state index in [4.69, 9.17) is 4.74 Å². The van der Waals surface area contributed by atoms with E-state index in [-0.39, 0.29) is 17.5 Å². The highest BCUT2D eigenvalue weighted by Crippen LogP contribution is 2.15. The van der Waals surface area contributed by atoms with Crippen molar-refractivity contribution in [2.45, 2.75) is 33.4 Å². The van der Waals surface area contributed by atoms with E-state index in [1.165, 1.54) is 13.8 Å². The lowest BCUT2D eigenvalue weighted by atomic mass is 10.1. The average Bonchev–Trinajstić information content (AvgIpc) is 2.60. The van der Waals surface area contributed by atoms with Crippen molar-refractivity contribution < 1.29 is 19.1 Å². The molecule has 1 amide bonds. The number of carbonyl (C=O) groups is 3. The molecule has 0 saturated carbocycles. The first-order chi connectivity index (χ1) is 11.9. The Labute approximate surface area is 147 Å². The molecule has 25 heavy (non-hydrogen) atoms. The van der Waals surface area contributed by atoms with Crippen molar-refractivity contribution in [3.63, 3.8) is 0 Å². The van der Waals surface area contributed by atoms with Gasteiger partial charge in [0.25, 0.3) is 5.91 Å². The Hall–Kier alpha value is -2.95. The Morgan fingerprint density at radius 2 is 1.56 bits per heavy atom. The summed E-state index contributed by atoms with van der Waals surface area (Å²) in [6.45, 7) is 4.93. The highest BCUT2D eigenvalue weighted by atomic mass is 16.5. The molecule has 2 rings (SSSR count). The minimum absolute atomic E-state index is 0.0183. The van der Waals surface area contributed by atoms with E-state index in [0.717, 1.165) is 5.56 Å². The van der Waals surface area contributed by atoms with E-state index >= 15 is 0 Å². The molecule has 0 aliphatic carbocycles. The number of hydrogen-bond acceptors (Lipinski definition) is 4. The second-order valence-electron chi connectivity index (χ2n) is 5.82. The normalized spacial score (nSPS) is 11.5. The summed E-state index contributed by atoms with van der Waals surface area (Å²) in [7, 11) is 0. The fraction of sp³-hybridized carbons (Fsp3) is 0.250. The van der Waals surface area contributed by atoms with E-state index in [1.54, 1.807) is 49.4 Å². The number of amides is 1. The van der Waals surface area contributed by atoms with Crippen LogP contribution < -0.4 is 10.1 Å². The minimum Gasteiger partial charge on any atom is -0.481 e. The van der Waals surface area contributed by atoms with Crippen LogP contribution in [0.4, 0.5) is 0 Å². The van der Waals surface area contributed by atoms with Gasteiger partial charge in [0.15, 0.2) is 17.7 Å². The summed E-state index contributed by atoms with van der Waals surface area (Å²) in [5, 5.41) is 2.78. The molecule has 1 N–H and O–H groups in total. The zero-order valence-electron chi connectivity index (χ0n) is 14.5. The monoisotopic (exact) mass is 339 g/mol. The van der Waals surface area contributed by atoms with Gasteiger partial charge in [-0.2, -0.15) is 0 Å². The number of carbonyl (C=O) groups excluding carboxylic acids is 3. The van der Waals surface area contributed by atoms with Gasteiger partial charge in [-0.05, 0) is 44.5 Å². The van der Waals surface area contributed by atoms with Crippen molar-refractivity contribution in [1.82, 2.24) is 5.32 Å². The van der Waals surface area contributed by atoms with Crippen LogP contribution in [0.25, 0.3) is 0 Å². The predicted octanol–water partition coefficient (Wildman–Crippen LogP) is 3.18.